The van der Waals surface area contributed by atoms with E-state index in [1.54, 1.807) is 6.92 Å². The molecule has 2 aromatic rings. The van der Waals surface area contributed by atoms with Gasteiger partial charge in [-0.3, -0.25) is 0 Å². The number of esters is 1. The summed E-state index contributed by atoms with van der Waals surface area (Å²) in [7, 11) is 0. The molecule has 6 nitrogen and oxygen atoms in total. The molecule has 0 amide bonds. The number of rotatable bonds is 6. The third kappa shape index (κ3) is 4.18. The molecular weight excluding hydrogens is 302 g/mol. The van der Waals surface area contributed by atoms with Crippen molar-refractivity contribution in [2.75, 3.05) is 6.61 Å². The molecular formula is C15H13N3O3S. The van der Waals surface area contributed by atoms with Gasteiger partial charge in [0.1, 0.15) is 10.7 Å². The van der Waals surface area contributed by atoms with Crippen LogP contribution in [-0.2, 0) is 9.53 Å². The Balaban J connectivity index is 2.35. The summed E-state index contributed by atoms with van der Waals surface area (Å²) in [5, 5.41) is 3.51. The molecule has 0 fully saturated rings. The second kappa shape index (κ2) is 7.97. The molecule has 0 saturated carbocycles. The van der Waals surface area contributed by atoms with Crippen LogP contribution in [0, 0.1) is 0 Å². The highest BCUT2D eigenvalue weighted by Crippen LogP contribution is 2.32. The van der Waals surface area contributed by atoms with Gasteiger partial charge in [0.2, 0.25) is 0 Å². The highest BCUT2D eigenvalue weighted by atomic mass is 32.2. The van der Waals surface area contributed by atoms with Gasteiger partial charge < -0.3 is 9.15 Å². The lowest BCUT2D eigenvalue weighted by Gasteiger charge is -2.06. The molecule has 0 saturated heterocycles. The summed E-state index contributed by atoms with van der Waals surface area (Å²) in [4.78, 5) is 16.0. The van der Waals surface area contributed by atoms with Crippen LogP contribution in [0.25, 0.3) is 16.5 Å². The average molecular weight is 315 g/mol. The van der Waals surface area contributed by atoms with E-state index in [0.717, 1.165) is 4.90 Å². The van der Waals surface area contributed by atoms with Gasteiger partial charge in [0, 0.05) is 15.9 Å². The number of benzene rings is 1. The fourth-order valence-electron chi connectivity index (χ4n) is 1.62. The Labute approximate surface area is 131 Å². The molecule has 0 aliphatic rings. The first-order valence-corrected chi connectivity index (χ1v) is 7.30. The zero-order valence-corrected chi connectivity index (χ0v) is 12.6. The zero-order valence-electron chi connectivity index (χ0n) is 11.8. The second-order valence-corrected chi connectivity index (χ2v) is 5.12. The summed E-state index contributed by atoms with van der Waals surface area (Å²) >= 11 is 1.25. The Morgan fingerprint density at radius 3 is 2.86 bits per heavy atom. The lowest BCUT2D eigenvalue weighted by molar-refractivity contribution is -0.137. The summed E-state index contributed by atoms with van der Waals surface area (Å²) in [5.74, 6) is -0.149. The number of carbonyl (C=O) groups excluding carboxylic acids is 1. The van der Waals surface area contributed by atoms with E-state index in [9.17, 15) is 4.79 Å². The van der Waals surface area contributed by atoms with Crippen LogP contribution in [0.1, 0.15) is 12.7 Å². The fraction of sp³-hybridized carbons (Fsp3) is 0.133. The van der Waals surface area contributed by atoms with Crippen LogP contribution in [0.5, 0.6) is 0 Å². The summed E-state index contributed by atoms with van der Waals surface area (Å²) in [5.41, 5.74) is 8.84. The number of azide groups is 1. The van der Waals surface area contributed by atoms with Crippen LogP contribution in [0.3, 0.4) is 0 Å². The molecule has 0 N–H and O–H groups in total. The van der Waals surface area contributed by atoms with E-state index in [2.05, 4.69) is 10.0 Å². The average Bonchev–Trinajstić information content (AvgIpc) is 2.95. The third-order valence-electron chi connectivity index (χ3n) is 2.54. The number of nitrogens with zero attached hydrogens (tertiary/aromatic N) is 3. The molecule has 7 heteroatoms. The quantitative estimate of drug-likeness (QED) is 0.189. The molecule has 0 spiro atoms. The van der Waals surface area contributed by atoms with Crippen molar-refractivity contribution in [3.63, 3.8) is 0 Å². The predicted molar refractivity (Wildman–Crippen MR) is 84.4 cm³/mol. The minimum Gasteiger partial charge on any atom is -0.464 e. The number of ether oxygens (including phenoxy) is 1. The van der Waals surface area contributed by atoms with Gasteiger partial charge >= 0.3 is 5.97 Å². The van der Waals surface area contributed by atoms with Crippen LogP contribution in [0.2, 0.25) is 0 Å². The van der Waals surface area contributed by atoms with Gasteiger partial charge in [-0.1, -0.05) is 35.1 Å². The fourth-order valence-corrected chi connectivity index (χ4v) is 2.48. The number of thioether (sulfide) groups is 1. The SMILES string of the molecule is CCOC(=O)/C(=C/c1occc1N=[N+]=[N-])Sc1ccccc1. The summed E-state index contributed by atoms with van der Waals surface area (Å²) < 4.78 is 10.3. The Hall–Kier alpha value is -2.63. The molecule has 0 aliphatic carbocycles. The molecule has 112 valence electrons. The monoisotopic (exact) mass is 315 g/mol. The van der Waals surface area contributed by atoms with Crippen LogP contribution in [-0.4, -0.2) is 12.6 Å². The third-order valence-corrected chi connectivity index (χ3v) is 3.55. The first-order chi connectivity index (χ1) is 10.7. The Morgan fingerprint density at radius 2 is 2.18 bits per heavy atom. The van der Waals surface area contributed by atoms with Gasteiger partial charge in [-0.15, -0.1) is 0 Å². The van der Waals surface area contributed by atoms with E-state index in [1.165, 1.54) is 30.2 Å². The van der Waals surface area contributed by atoms with Crippen molar-refractivity contribution in [3.05, 3.63) is 63.8 Å². The Kier molecular flexibility index (Phi) is 5.71. The molecule has 2 rings (SSSR count). The van der Waals surface area contributed by atoms with Crippen molar-refractivity contribution in [3.8, 4) is 0 Å². The van der Waals surface area contributed by atoms with Crippen molar-refractivity contribution in [1.29, 1.82) is 0 Å². The van der Waals surface area contributed by atoms with Crippen molar-refractivity contribution >= 4 is 29.5 Å². The lowest BCUT2D eigenvalue weighted by atomic mass is 10.3. The van der Waals surface area contributed by atoms with Crippen molar-refractivity contribution < 1.29 is 13.9 Å². The molecule has 0 unspecified atom stereocenters. The number of hydrogen-bond donors (Lipinski definition) is 0. The minimum atomic E-state index is -0.459. The van der Waals surface area contributed by atoms with Crippen molar-refractivity contribution in [1.82, 2.24) is 0 Å². The van der Waals surface area contributed by atoms with E-state index in [1.807, 2.05) is 30.3 Å². The largest absolute Gasteiger partial charge is 0.464 e. The van der Waals surface area contributed by atoms with Crippen LogP contribution in [0.4, 0.5) is 5.69 Å². The van der Waals surface area contributed by atoms with Crippen LogP contribution in [0.15, 0.2) is 62.0 Å². The maximum Gasteiger partial charge on any atom is 0.345 e. The second-order valence-electron chi connectivity index (χ2n) is 4.00. The molecule has 0 aliphatic heterocycles. The van der Waals surface area contributed by atoms with Crippen LogP contribution >= 0.6 is 11.8 Å². The van der Waals surface area contributed by atoms with Gasteiger partial charge in [0.25, 0.3) is 0 Å². The van der Waals surface area contributed by atoms with Gasteiger partial charge in [0.15, 0.2) is 0 Å². The highest BCUT2D eigenvalue weighted by molar-refractivity contribution is 8.04. The molecule has 1 aromatic carbocycles. The maximum atomic E-state index is 12.1. The summed E-state index contributed by atoms with van der Waals surface area (Å²) in [6.45, 7) is 2.01. The van der Waals surface area contributed by atoms with E-state index < -0.39 is 5.97 Å². The Morgan fingerprint density at radius 1 is 1.41 bits per heavy atom. The first-order valence-electron chi connectivity index (χ1n) is 6.49. The van der Waals surface area contributed by atoms with Crippen molar-refractivity contribution in [2.45, 2.75) is 11.8 Å². The molecule has 1 heterocycles. The van der Waals surface area contributed by atoms with E-state index >= 15 is 0 Å². The van der Waals surface area contributed by atoms with Gasteiger partial charge in [-0.25, -0.2) is 4.79 Å². The molecule has 22 heavy (non-hydrogen) atoms. The van der Waals surface area contributed by atoms with Gasteiger partial charge in [0.05, 0.1) is 18.6 Å². The van der Waals surface area contributed by atoms with Crippen LogP contribution < -0.4 is 0 Å². The number of hydrogen-bond acceptors (Lipinski definition) is 5. The topological polar surface area (TPSA) is 88.2 Å². The smallest absolute Gasteiger partial charge is 0.345 e. The first kappa shape index (κ1) is 15.8. The van der Waals surface area contributed by atoms with Gasteiger partial charge in [-0.2, -0.15) is 0 Å². The normalized spacial score (nSPS) is 10.9. The van der Waals surface area contributed by atoms with E-state index in [-0.39, 0.29) is 6.61 Å². The Bertz CT molecular complexity index is 719. The number of furan rings is 1. The standard InChI is InChI=1S/C15H13N3O3S/c1-2-20-15(19)14(22-11-6-4-3-5-7-11)10-13-12(17-18-16)8-9-21-13/h3-10H,2H2,1H3/b14-10-. The summed E-state index contributed by atoms with van der Waals surface area (Å²) in [6, 6.07) is 10.9. The molecule has 0 atom stereocenters. The number of carbonyl (C=O) groups is 1. The van der Waals surface area contributed by atoms with E-state index in [0.29, 0.717) is 16.4 Å². The molecule has 1 aromatic heterocycles. The lowest BCUT2D eigenvalue weighted by Crippen LogP contribution is -2.05. The van der Waals surface area contributed by atoms with E-state index in [4.69, 9.17) is 14.7 Å². The highest BCUT2D eigenvalue weighted by Gasteiger charge is 2.15. The molecule has 0 bridgehead atoms. The minimum absolute atomic E-state index is 0.271. The van der Waals surface area contributed by atoms with Gasteiger partial charge in [-0.05, 0) is 30.7 Å². The zero-order chi connectivity index (χ0) is 15.8. The maximum absolute atomic E-state index is 12.1. The molecule has 0 radical (unpaired) electrons. The summed E-state index contributed by atoms with van der Waals surface area (Å²) in [6.07, 6.45) is 2.91. The predicted octanol–water partition coefficient (Wildman–Crippen LogP) is 4.92. The van der Waals surface area contributed by atoms with Crippen molar-refractivity contribution in [2.24, 2.45) is 5.11 Å².